The lowest BCUT2D eigenvalue weighted by molar-refractivity contribution is 0.233. The summed E-state index contributed by atoms with van der Waals surface area (Å²) in [6.07, 6.45) is 0. The Morgan fingerprint density at radius 2 is 2.00 bits per heavy atom. The predicted octanol–water partition coefficient (Wildman–Crippen LogP) is 3.26. The van der Waals surface area contributed by atoms with Gasteiger partial charge in [0.05, 0.1) is 7.11 Å². The van der Waals surface area contributed by atoms with E-state index in [9.17, 15) is 4.79 Å². The number of halogens is 1. The Bertz CT molecular complexity index is 404. The topological polar surface area (TPSA) is 29.5 Å². The van der Waals surface area contributed by atoms with E-state index in [-0.39, 0.29) is 4.82 Å². The maximum absolute atomic E-state index is 11.1. The number of benzene rings is 1. The third kappa shape index (κ3) is 2.76. The highest BCUT2D eigenvalue weighted by molar-refractivity contribution is 9.18. The number of amides is 1. The molecule has 0 aliphatic heterocycles. The van der Waals surface area contributed by atoms with Crippen LogP contribution < -0.4 is 4.74 Å². The van der Waals surface area contributed by atoms with Crippen molar-refractivity contribution < 1.29 is 9.53 Å². The van der Waals surface area contributed by atoms with Crippen LogP contribution in [0.2, 0.25) is 0 Å². The van der Waals surface area contributed by atoms with Crippen LogP contribution >= 0.6 is 15.9 Å². The average Bonchev–Trinajstić information content (AvgIpc) is 2.25. The minimum Gasteiger partial charge on any atom is -0.496 e. The van der Waals surface area contributed by atoms with Gasteiger partial charge in [0, 0.05) is 29.5 Å². The Kier molecular flexibility index (Phi) is 4.35. The first-order chi connectivity index (χ1) is 7.47. The summed E-state index contributed by atoms with van der Waals surface area (Å²) >= 11 is 2.93. The van der Waals surface area contributed by atoms with Crippen molar-refractivity contribution in [3.63, 3.8) is 0 Å². The highest BCUT2D eigenvalue weighted by Gasteiger charge is 2.10. The number of hydrogen-bond acceptors (Lipinski definition) is 2. The molecule has 1 rings (SSSR count). The van der Waals surface area contributed by atoms with Crippen LogP contribution in [-0.2, 0) is 6.54 Å². The van der Waals surface area contributed by atoms with Gasteiger partial charge in [0.1, 0.15) is 5.75 Å². The van der Waals surface area contributed by atoms with Crippen LogP contribution in [0.3, 0.4) is 0 Å². The lowest BCUT2D eigenvalue weighted by Crippen LogP contribution is -2.20. The Morgan fingerprint density at radius 1 is 1.38 bits per heavy atom. The van der Waals surface area contributed by atoms with Crippen LogP contribution in [0.5, 0.6) is 5.75 Å². The summed E-state index contributed by atoms with van der Waals surface area (Å²) in [4.78, 5) is 12.6. The van der Waals surface area contributed by atoms with Gasteiger partial charge in [-0.3, -0.25) is 4.79 Å². The predicted molar refractivity (Wildman–Crippen MR) is 68.3 cm³/mol. The molecule has 0 saturated heterocycles. The third-order valence-corrected chi connectivity index (χ3v) is 3.38. The Hall–Kier alpha value is -1.03. The molecule has 0 atom stereocenters. The summed E-state index contributed by atoms with van der Waals surface area (Å²) in [5.41, 5.74) is 3.42. The van der Waals surface area contributed by atoms with Gasteiger partial charge in [-0.25, -0.2) is 0 Å². The van der Waals surface area contributed by atoms with Crippen LogP contribution in [0.1, 0.15) is 16.7 Å². The Balaban J connectivity index is 2.99. The van der Waals surface area contributed by atoms with Crippen molar-refractivity contribution in [2.45, 2.75) is 20.4 Å². The van der Waals surface area contributed by atoms with E-state index in [0.29, 0.717) is 6.54 Å². The Labute approximate surface area is 105 Å². The van der Waals surface area contributed by atoms with Crippen molar-refractivity contribution >= 4 is 20.7 Å². The molecule has 0 aliphatic rings. The standard InChI is InChI=1S/C12H16BrNO2/c1-8-9(2)11(16-4)6-5-10(8)7-14(3)12(13)15/h5-6H,7H2,1-4H3. The molecule has 1 aromatic carbocycles. The van der Waals surface area contributed by atoms with Crippen LogP contribution in [0.25, 0.3) is 0 Å². The Morgan fingerprint density at radius 3 is 2.50 bits per heavy atom. The van der Waals surface area contributed by atoms with Crippen molar-refractivity contribution in [1.82, 2.24) is 4.90 Å². The molecule has 1 aromatic rings. The van der Waals surface area contributed by atoms with Gasteiger partial charge in [-0.2, -0.15) is 0 Å². The number of carbonyl (C=O) groups excluding carboxylic acids is 1. The van der Waals surface area contributed by atoms with Gasteiger partial charge in [0.2, 0.25) is 0 Å². The molecule has 0 radical (unpaired) electrons. The molecule has 88 valence electrons. The molecule has 0 heterocycles. The minimum atomic E-state index is -0.111. The number of hydrogen-bond donors (Lipinski definition) is 0. The van der Waals surface area contributed by atoms with E-state index in [1.54, 1.807) is 19.1 Å². The molecule has 1 amide bonds. The highest BCUT2D eigenvalue weighted by atomic mass is 79.9. The molecule has 3 nitrogen and oxygen atoms in total. The first-order valence-electron chi connectivity index (χ1n) is 5.01. The van der Waals surface area contributed by atoms with Crippen LogP contribution in [0.15, 0.2) is 12.1 Å². The third-order valence-electron chi connectivity index (χ3n) is 2.78. The van der Waals surface area contributed by atoms with Crippen LogP contribution in [-0.4, -0.2) is 23.9 Å². The van der Waals surface area contributed by atoms with Gasteiger partial charge in [-0.15, -0.1) is 0 Å². The molecule has 0 fully saturated rings. The van der Waals surface area contributed by atoms with Crippen molar-refractivity contribution in [3.8, 4) is 5.75 Å². The smallest absolute Gasteiger partial charge is 0.289 e. The molecule has 0 saturated carbocycles. The summed E-state index contributed by atoms with van der Waals surface area (Å²) in [6, 6.07) is 3.93. The van der Waals surface area contributed by atoms with Crippen LogP contribution in [0, 0.1) is 13.8 Å². The molecule has 0 aromatic heterocycles. The van der Waals surface area contributed by atoms with Crippen molar-refractivity contribution in [2.24, 2.45) is 0 Å². The monoisotopic (exact) mass is 285 g/mol. The first kappa shape index (κ1) is 13.0. The molecular weight excluding hydrogens is 270 g/mol. The number of methoxy groups -OCH3 is 1. The average molecular weight is 286 g/mol. The van der Waals surface area contributed by atoms with E-state index >= 15 is 0 Å². The first-order valence-corrected chi connectivity index (χ1v) is 5.80. The SMILES string of the molecule is COc1ccc(CN(C)C(=O)Br)c(C)c1C. The summed E-state index contributed by atoms with van der Waals surface area (Å²) < 4.78 is 5.24. The van der Waals surface area contributed by atoms with Crippen molar-refractivity contribution in [1.29, 1.82) is 0 Å². The van der Waals surface area contributed by atoms with Crippen molar-refractivity contribution in [2.75, 3.05) is 14.2 Å². The summed E-state index contributed by atoms with van der Waals surface area (Å²) in [5, 5.41) is 0. The normalized spacial score (nSPS) is 10.1. The second kappa shape index (κ2) is 5.34. The second-order valence-corrected chi connectivity index (χ2v) is 4.46. The summed E-state index contributed by atoms with van der Waals surface area (Å²) in [7, 11) is 3.42. The zero-order valence-electron chi connectivity index (χ0n) is 10.0. The largest absolute Gasteiger partial charge is 0.496 e. The lowest BCUT2D eigenvalue weighted by atomic mass is 10.0. The van der Waals surface area contributed by atoms with E-state index in [0.717, 1.165) is 16.9 Å². The summed E-state index contributed by atoms with van der Waals surface area (Å²) in [5.74, 6) is 0.883. The van der Waals surface area contributed by atoms with E-state index in [2.05, 4.69) is 15.9 Å². The van der Waals surface area contributed by atoms with Gasteiger partial charge >= 0.3 is 0 Å². The van der Waals surface area contributed by atoms with Crippen LogP contribution in [0.4, 0.5) is 4.79 Å². The van der Waals surface area contributed by atoms with Gasteiger partial charge < -0.3 is 9.64 Å². The maximum atomic E-state index is 11.1. The van der Waals surface area contributed by atoms with E-state index in [1.807, 2.05) is 26.0 Å². The lowest BCUT2D eigenvalue weighted by Gasteiger charge is -2.17. The zero-order valence-corrected chi connectivity index (χ0v) is 11.6. The fourth-order valence-corrected chi connectivity index (χ4v) is 1.69. The van der Waals surface area contributed by atoms with E-state index < -0.39 is 0 Å². The molecule has 0 unspecified atom stereocenters. The second-order valence-electron chi connectivity index (χ2n) is 3.79. The quantitative estimate of drug-likeness (QED) is 0.630. The molecule has 0 aliphatic carbocycles. The van der Waals surface area contributed by atoms with E-state index in [4.69, 9.17) is 4.74 Å². The number of nitrogens with zero attached hydrogens (tertiary/aromatic N) is 1. The summed E-state index contributed by atoms with van der Waals surface area (Å²) in [6.45, 7) is 4.66. The van der Waals surface area contributed by atoms with E-state index in [1.165, 1.54) is 5.56 Å². The fraction of sp³-hybridized carbons (Fsp3) is 0.417. The van der Waals surface area contributed by atoms with Gasteiger partial charge in [0.15, 0.2) is 0 Å². The molecule has 16 heavy (non-hydrogen) atoms. The maximum Gasteiger partial charge on any atom is 0.289 e. The minimum absolute atomic E-state index is 0.111. The number of ether oxygens (including phenoxy) is 1. The number of rotatable bonds is 3. The molecule has 0 bridgehead atoms. The molecule has 0 N–H and O–H groups in total. The zero-order chi connectivity index (χ0) is 12.3. The van der Waals surface area contributed by atoms with Gasteiger partial charge in [0.25, 0.3) is 4.82 Å². The molecule has 4 heteroatoms. The molecule has 0 spiro atoms. The number of carbonyl (C=O) groups is 1. The fourth-order valence-electron chi connectivity index (χ4n) is 1.56. The highest BCUT2D eigenvalue weighted by Crippen LogP contribution is 2.24. The van der Waals surface area contributed by atoms with Crippen molar-refractivity contribution in [3.05, 3.63) is 28.8 Å². The van der Waals surface area contributed by atoms with Gasteiger partial charge in [-0.1, -0.05) is 6.07 Å². The molecular formula is C12H16BrNO2. The van der Waals surface area contributed by atoms with Gasteiger partial charge in [-0.05, 0) is 36.6 Å².